The molecule has 0 fully saturated rings. The van der Waals surface area contributed by atoms with Gasteiger partial charge in [-0.05, 0) is 42.7 Å². The fourth-order valence-electron chi connectivity index (χ4n) is 2.51. The van der Waals surface area contributed by atoms with Crippen LogP contribution in [-0.2, 0) is 16.4 Å². The maximum absolute atomic E-state index is 12.8. The molecule has 2 aromatic carbocycles. The van der Waals surface area contributed by atoms with Crippen molar-refractivity contribution in [1.82, 2.24) is 10.1 Å². The van der Waals surface area contributed by atoms with Crippen molar-refractivity contribution in [1.29, 1.82) is 0 Å². The van der Waals surface area contributed by atoms with Gasteiger partial charge in [-0.15, -0.1) is 0 Å². The molecule has 1 aromatic heterocycles. The van der Waals surface area contributed by atoms with Crippen molar-refractivity contribution in [3.8, 4) is 11.4 Å². The quantitative estimate of drug-likeness (QED) is 0.752. The van der Waals surface area contributed by atoms with Gasteiger partial charge < -0.3 is 4.52 Å². The minimum atomic E-state index is -3.73. The van der Waals surface area contributed by atoms with E-state index in [9.17, 15) is 8.42 Å². The van der Waals surface area contributed by atoms with Crippen LogP contribution in [0, 0.1) is 13.8 Å². The van der Waals surface area contributed by atoms with E-state index >= 15 is 0 Å². The van der Waals surface area contributed by atoms with Crippen molar-refractivity contribution in [3.63, 3.8) is 0 Å². The highest BCUT2D eigenvalue weighted by Crippen LogP contribution is 2.25. The van der Waals surface area contributed by atoms with Gasteiger partial charge in [0.1, 0.15) is 0 Å². The Bertz CT molecular complexity index is 1010. The summed E-state index contributed by atoms with van der Waals surface area (Å²) in [5.74, 6) is 0.788. The van der Waals surface area contributed by atoms with Crippen molar-refractivity contribution in [2.45, 2.75) is 32.1 Å². The summed E-state index contributed by atoms with van der Waals surface area (Å²) in [6.07, 6.45) is 0.835. The number of hydrogen-bond acceptors (Lipinski definition) is 5. The average Bonchev–Trinajstić information content (AvgIpc) is 3.01. The SMILES string of the molecule is CCc1cccc(NS(=O)(=O)c2cc(-c3noc(C)n3)ccc2C)c1. The smallest absolute Gasteiger partial charge is 0.262 e. The van der Waals surface area contributed by atoms with E-state index in [1.165, 1.54) is 0 Å². The lowest BCUT2D eigenvalue weighted by molar-refractivity contribution is 0.394. The molecule has 0 saturated heterocycles. The molecule has 0 aliphatic carbocycles. The highest BCUT2D eigenvalue weighted by molar-refractivity contribution is 7.92. The molecule has 25 heavy (non-hydrogen) atoms. The van der Waals surface area contributed by atoms with E-state index in [4.69, 9.17) is 4.52 Å². The Hall–Kier alpha value is -2.67. The molecule has 0 saturated carbocycles. The monoisotopic (exact) mass is 357 g/mol. The van der Waals surface area contributed by atoms with Crippen LogP contribution in [0.15, 0.2) is 51.9 Å². The van der Waals surface area contributed by atoms with Crippen LogP contribution in [-0.4, -0.2) is 18.6 Å². The molecule has 130 valence electrons. The molecule has 3 rings (SSSR count). The van der Waals surface area contributed by atoms with Crippen LogP contribution in [0.5, 0.6) is 0 Å². The van der Waals surface area contributed by atoms with E-state index in [0.29, 0.717) is 28.5 Å². The van der Waals surface area contributed by atoms with E-state index in [1.807, 2.05) is 25.1 Å². The number of anilines is 1. The Morgan fingerprint density at radius 1 is 1.12 bits per heavy atom. The fourth-order valence-corrected chi connectivity index (χ4v) is 3.83. The molecular weight excluding hydrogens is 338 g/mol. The zero-order valence-corrected chi connectivity index (χ0v) is 15.1. The maximum Gasteiger partial charge on any atom is 0.262 e. The number of rotatable bonds is 5. The van der Waals surface area contributed by atoms with Crippen molar-refractivity contribution in [3.05, 3.63) is 59.5 Å². The van der Waals surface area contributed by atoms with Crippen LogP contribution in [0.2, 0.25) is 0 Å². The van der Waals surface area contributed by atoms with Crippen LogP contribution in [0.1, 0.15) is 23.9 Å². The molecule has 0 unspecified atom stereocenters. The minimum absolute atomic E-state index is 0.189. The first kappa shape index (κ1) is 17.2. The van der Waals surface area contributed by atoms with Crippen molar-refractivity contribution in [2.75, 3.05) is 4.72 Å². The third-order valence-electron chi connectivity index (χ3n) is 3.85. The number of sulfonamides is 1. The topological polar surface area (TPSA) is 85.1 Å². The Morgan fingerprint density at radius 3 is 2.60 bits per heavy atom. The molecule has 0 atom stereocenters. The third kappa shape index (κ3) is 3.71. The summed E-state index contributed by atoms with van der Waals surface area (Å²) >= 11 is 0. The molecule has 0 amide bonds. The molecule has 1 N–H and O–H groups in total. The first-order valence-corrected chi connectivity index (χ1v) is 9.40. The summed E-state index contributed by atoms with van der Waals surface area (Å²) in [5.41, 5.74) is 2.83. The Labute approximate surface area is 147 Å². The summed E-state index contributed by atoms with van der Waals surface area (Å²) in [5, 5.41) is 3.84. The number of aromatic nitrogens is 2. The second kappa shape index (κ2) is 6.68. The van der Waals surface area contributed by atoms with Crippen LogP contribution in [0.25, 0.3) is 11.4 Å². The van der Waals surface area contributed by atoms with Crippen LogP contribution in [0.4, 0.5) is 5.69 Å². The van der Waals surface area contributed by atoms with Crippen LogP contribution in [0.3, 0.4) is 0 Å². The van der Waals surface area contributed by atoms with Crippen LogP contribution < -0.4 is 4.72 Å². The largest absolute Gasteiger partial charge is 0.339 e. The lowest BCUT2D eigenvalue weighted by atomic mass is 10.1. The van der Waals surface area contributed by atoms with Gasteiger partial charge in [-0.25, -0.2) is 8.42 Å². The summed E-state index contributed by atoms with van der Waals surface area (Å²) in [4.78, 5) is 4.34. The summed E-state index contributed by atoms with van der Waals surface area (Å²) in [7, 11) is -3.73. The van der Waals surface area contributed by atoms with Crippen LogP contribution >= 0.6 is 0 Å². The number of benzene rings is 2. The molecular formula is C18H19N3O3S. The Balaban J connectivity index is 1.98. The van der Waals surface area contributed by atoms with E-state index in [1.54, 1.807) is 38.1 Å². The predicted octanol–water partition coefficient (Wildman–Crippen LogP) is 3.72. The second-order valence-corrected chi connectivity index (χ2v) is 7.43. The Morgan fingerprint density at radius 2 is 1.92 bits per heavy atom. The van der Waals surface area contributed by atoms with Gasteiger partial charge in [-0.3, -0.25) is 4.72 Å². The predicted molar refractivity (Wildman–Crippen MR) is 95.8 cm³/mol. The van der Waals surface area contributed by atoms with Gasteiger partial charge in [0.25, 0.3) is 10.0 Å². The highest BCUT2D eigenvalue weighted by atomic mass is 32.2. The lowest BCUT2D eigenvalue weighted by Crippen LogP contribution is -2.14. The lowest BCUT2D eigenvalue weighted by Gasteiger charge is -2.12. The summed E-state index contributed by atoms with van der Waals surface area (Å²) in [6.45, 7) is 5.46. The second-order valence-electron chi connectivity index (χ2n) is 5.78. The van der Waals surface area contributed by atoms with E-state index in [-0.39, 0.29) is 4.90 Å². The number of nitrogens with one attached hydrogen (secondary N) is 1. The van der Waals surface area contributed by atoms with Crippen molar-refractivity contribution >= 4 is 15.7 Å². The van der Waals surface area contributed by atoms with Gasteiger partial charge in [0.2, 0.25) is 11.7 Å². The van der Waals surface area contributed by atoms with Gasteiger partial charge in [-0.1, -0.05) is 36.3 Å². The highest BCUT2D eigenvalue weighted by Gasteiger charge is 2.19. The summed E-state index contributed by atoms with van der Waals surface area (Å²) < 4.78 is 33.3. The molecule has 3 aromatic rings. The van der Waals surface area contributed by atoms with E-state index in [2.05, 4.69) is 14.9 Å². The Kier molecular flexibility index (Phi) is 4.59. The first-order chi connectivity index (χ1) is 11.9. The number of nitrogens with zero attached hydrogens (tertiary/aromatic N) is 2. The molecule has 0 radical (unpaired) electrons. The van der Waals surface area contributed by atoms with Gasteiger partial charge in [0.05, 0.1) is 4.90 Å². The summed E-state index contributed by atoms with van der Waals surface area (Å²) in [6, 6.07) is 12.4. The molecule has 6 nitrogen and oxygen atoms in total. The number of aryl methyl sites for hydroxylation is 3. The fraction of sp³-hybridized carbons (Fsp3) is 0.222. The van der Waals surface area contributed by atoms with Gasteiger partial charge in [0.15, 0.2) is 0 Å². The number of hydrogen-bond donors (Lipinski definition) is 1. The van der Waals surface area contributed by atoms with Gasteiger partial charge in [0, 0.05) is 18.2 Å². The zero-order valence-electron chi connectivity index (χ0n) is 14.3. The molecule has 1 heterocycles. The minimum Gasteiger partial charge on any atom is -0.339 e. The standard InChI is InChI=1S/C18H19N3O3S/c1-4-14-6-5-7-16(10-14)21-25(22,23)17-11-15(9-8-12(17)2)18-19-13(3)24-20-18/h5-11,21H,4H2,1-3H3. The van der Waals surface area contributed by atoms with Gasteiger partial charge >= 0.3 is 0 Å². The first-order valence-electron chi connectivity index (χ1n) is 7.92. The van der Waals surface area contributed by atoms with Crippen molar-refractivity contribution < 1.29 is 12.9 Å². The average molecular weight is 357 g/mol. The normalized spacial score (nSPS) is 11.5. The van der Waals surface area contributed by atoms with Gasteiger partial charge in [-0.2, -0.15) is 4.98 Å². The molecule has 0 bridgehead atoms. The molecule has 0 aliphatic heterocycles. The molecule has 0 spiro atoms. The molecule has 0 aliphatic rings. The third-order valence-corrected chi connectivity index (χ3v) is 5.37. The zero-order chi connectivity index (χ0) is 18.0. The van der Waals surface area contributed by atoms with E-state index < -0.39 is 10.0 Å². The van der Waals surface area contributed by atoms with Crippen molar-refractivity contribution in [2.24, 2.45) is 0 Å². The van der Waals surface area contributed by atoms with E-state index in [0.717, 1.165) is 12.0 Å². The maximum atomic E-state index is 12.8. The molecule has 7 heteroatoms.